The Morgan fingerprint density at radius 1 is 1.08 bits per heavy atom. The van der Waals surface area contributed by atoms with Crippen LogP contribution in [0.2, 0.25) is 0 Å². The third-order valence-electron chi connectivity index (χ3n) is 3.05. The van der Waals surface area contributed by atoms with Crippen molar-refractivity contribution in [1.82, 2.24) is 0 Å². The number of hydrogen-bond donors (Lipinski definition) is 5. The van der Waals surface area contributed by atoms with E-state index in [4.69, 9.17) is 0 Å². The van der Waals surface area contributed by atoms with Gasteiger partial charge in [0, 0.05) is 0 Å². The number of phenols is 1. The van der Waals surface area contributed by atoms with Crippen LogP contribution in [0.5, 0.6) is 5.75 Å². The number of hydrogen-bond acceptors (Lipinski definition) is 5. The van der Waals surface area contributed by atoms with Crippen molar-refractivity contribution >= 4 is 45.8 Å². The van der Waals surface area contributed by atoms with E-state index in [-0.39, 0.29) is 20.8 Å². The molecule has 2 aromatic rings. The Morgan fingerprint density at radius 3 is 2.20 bits per heavy atom. The van der Waals surface area contributed by atoms with E-state index in [0.717, 1.165) is 18.2 Å². The summed E-state index contributed by atoms with van der Waals surface area (Å²) in [5.41, 5.74) is 0.0496. The van der Waals surface area contributed by atoms with Gasteiger partial charge in [0.05, 0.1) is 0 Å². The molecule has 5 N–H and O–H groups in total. The second-order valence-electron chi connectivity index (χ2n) is 5.06. The van der Waals surface area contributed by atoms with E-state index in [1.54, 1.807) is 0 Å². The zero-order valence-electron chi connectivity index (χ0n) is 12.9. The molecule has 134 valence electrons. The van der Waals surface area contributed by atoms with Crippen molar-refractivity contribution in [3.63, 3.8) is 0 Å². The van der Waals surface area contributed by atoms with E-state index in [1.165, 1.54) is 31.2 Å². The van der Waals surface area contributed by atoms with Gasteiger partial charge in [0.2, 0.25) is 0 Å². The molecule has 0 bridgehead atoms. The van der Waals surface area contributed by atoms with E-state index in [9.17, 15) is 30.2 Å². The van der Waals surface area contributed by atoms with Gasteiger partial charge in [-0.15, -0.1) is 0 Å². The first kappa shape index (κ1) is 19.1. The van der Waals surface area contributed by atoms with Crippen molar-refractivity contribution in [2.45, 2.75) is 11.8 Å². The summed E-state index contributed by atoms with van der Waals surface area (Å²) < 4.78 is 56.1. The van der Waals surface area contributed by atoms with Gasteiger partial charge < -0.3 is 0 Å². The number of benzene rings is 2. The molecule has 0 fully saturated rings. The summed E-state index contributed by atoms with van der Waals surface area (Å²) in [4.78, 5) is 10.8. The molecule has 0 heterocycles. The van der Waals surface area contributed by atoms with Gasteiger partial charge in [0.15, 0.2) is 0 Å². The summed E-state index contributed by atoms with van der Waals surface area (Å²) in [6.45, 7) is 1.31. The predicted octanol–water partition coefficient (Wildman–Crippen LogP) is -0.288. The summed E-state index contributed by atoms with van der Waals surface area (Å²) >= 11 is -5.25. The number of aromatic hydroxyl groups is 1. The SMILES string of the molecule is CC(=O)Nc1ccc(S(=O)(=O)Nc2cc([As](=O)(O)O)ccc2O)cc1. The maximum absolute atomic E-state index is 12.3. The van der Waals surface area contributed by atoms with Gasteiger partial charge >= 0.3 is 146 Å². The molecule has 1 amide bonds. The minimum absolute atomic E-state index is 0.159. The van der Waals surface area contributed by atoms with E-state index in [1.807, 2.05) is 0 Å². The van der Waals surface area contributed by atoms with Crippen LogP contribution in [0.15, 0.2) is 47.4 Å². The topological polar surface area (TPSA) is 153 Å². The third-order valence-corrected chi connectivity index (χ3v) is 6.42. The molecule has 9 nitrogen and oxygen atoms in total. The molecule has 2 aromatic carbocycles. The van der Waals surface area contributed by atoms with Crippen LogP contribution in [-0.4, -0.2) is 41.8 Å². The Bertz CT molecular complexity index is 952. The molecule has 0 aliphatic rings. The fourth-order valence-corrected chi connectivity index (χ4v) is 4.16. The molecule has 0 aliphatic heterocycles. The van der Waals surface area contributed by atoms with Crippen LogP contribution in [0.1, 0.15) is 6.92 Å². The van der Waals surface area contributed by atoms with Gasteiger partial charge in [-0.2, -0.15) is 0 Å². The fraction of sp³-hybridized carbons (Fsp3) is 0.0714. The summed E-state index contributed by atoms with van der Waals surface area (Å²) in [5.74, 6) is -0.791. The first-order valence-electron chi connectivity index (χ1n) is 6.78. The Labute approximate surface area is 146 Å². The summed E-state index contributed by atoms with van der Waals surface area (Å²) in [6, 6.07) is 8.14. The van der Waals surface area contributed by atoms with E-state index >= 15 is 0 Å². The number of carbonyl (C=O) groups is 1. The maximum atomic E-state index is 12.3. The summed E-state index contributed by atoms with van der Waals surface area (Å²) in [5, 5.41) is 12.2. The summed E-state index contributed by atoms with van der Waals surface area (Å²) in [6.07, 6.45) is 0. The molecule has 0 atom stereocenters. The van der Waals surface area contributed by atoms with Gasteiger partial charge in [-0.25, -0.2) is 0 Å². The molecular weight excluding hydrogens is 415 g/mol. The number of amides is 1. The number of sulfonamides is 1. The molecule has 0 aliphatic carbocycles. The van der Waals surface area contributed by atoms with Gasteiger partial charge in [-0.05, 0) is 0 Å². The van der Waals surface area contributed by atoms with Gasteiger partial charge in [-0.3, -0.25) is 0 Å². The molecule has 0 unspecified atom stereocenters. The Balaban J connectivity index is 2.32. The number of phenolic OH excluding ortho intramolecular Hbond substituents is 1. The number of anilines is 2. The van der Waals surface area contributed by atoms with Crippen LogP contribution in [-0.2, 0) is 18.6 Å². The molecule has 0 spiro atoms. The molecule has 11 heteroatoms. The van der Waals surface area contributed by atoms with Crippen LogP contribution < -0.4 is 14.4 Å². The van der Waals surface area contributed by atoms with E-state index in [2.05, 4.69) is 10.0 Å². The van der Waals surface area contributed by atoms with E-state index < -0.39 is 29.9 Å². The van der Waals surface area contributed by atoms with Crippen LogP contribution in [0.4, 0.5) is 11.4 Å². The van der Waals surface area contributed by atoms with E-state index in [0.29, 0.717) is 5.69 Å². The van der Waals surface area contributed by atoms with Gasteiger partial charge in [0.25, 0.3) is 0 Å². The second-order valence-corrected chi connectivity index (χ2v) is 10.1. The normalized spacial score (nSPS) is 11.8. The molecule has 0 radical (unpaired) electrons. The van der Waals surface area contributed by atoms with Crippen molar-refractivity contribution in [3.05, 3.63) is 42.5 Å². The van der Waals surface area contributed by atoms with Crippen molar-refractivity contribution in [2.24, 2.45) is 0 Å². The quantitative estimate of drug-likeness (QED) is 0.323. The van der Waals surface area contributed by atoms with Crippen molar-refractivity contribution in [1.29, 1.82) is 0 Å². The Kier molecular flexibility index (Phi) is 5.28. The fourth-order valence-electron chi connectivity index (χ4n) is 1.91. The minimum atomic E-state index is -5.25. The zero-order valence-corrected chi connectivity index (χ0v) is 15.6. The molecule has 0 aromatic heterocycles. The first-order chi connectivity index (χ1) is 11.5. The van der Waals surface area contributed by atoms with Crippen molar-refractivity contribution < 1.29 is 30.2 Å². The van der Waals surface area contributed by atoms with Gasteiger partial charge in [0.1, 0.15) is 0 Å². The number of rotatable bonds is 5. The molecule has 25 heavy (non-hydrogen) atoms. The standard InChI is InChI=1S/C14H15AsN2O7S/c1-9(18)16-11-3-5-12(6-4-11)25(23,24)17-13-8-10(15(20,21)22)2-7-14(13)19/h2-8,17,19H,1H3,(H,16,18)(H2,20,21,22). The second kappa shape index (κ2) is 6.93. The van der Waals surface area contributed by atoms with Crippen LogP contribution >= 0.6 is 0 Å². The summed E-state index contributed by atoms with van der Waals surface area (Å²) in [7, 11) is -4.11. The predicted molar refractivity (Wildman–Crippen MR) is 90.2 cm³/mol. The number of nitrogens with one attached hydrogen (secondary N) is 2. The molecule has 2 rings (SSSR count). The Hall–Kier alpha value is -2.26. The third kappa shape index (κ3) is 4.86. The molecular formula is C14H15AsN2O7S. The number of carbonyl (C=O) groups excluding carboxylic acids is 1. The van der Waals surface area contributed by atoms with Crippen LogP contribution in [0.25, 0.3) is 0 Å². The zero-order chi connectivity index (χ0) is 18.8. The van der Waals surface area contributed by atoms with Crippen molar-refractivity contribution in [3.8, 4) is 5.75 Å². The van der Waals surface area contributed by atoms with Crippen molar-refractivity contribution in [2.75, 3.05) is 10.0 Å². The average molecular weight is 430 g/mol. The first-order valence-corrected chi connectivity index (χ1v) is 11.7. The molecule has 0 saturated carbocycles. The average Bonchev–Trinajstić information content (AvgIpc) is 2.48. The molecule has 0 saturated heterocycles. The Morgan fingerprint density at radius 2 is 1.68 bits per heavy atom. The van der Waals surface area contributed by atoms with Crippen LogP contribution in [0, 0.1) is 0 Å². The van der Waals surface area contributed by atoms with Gasteiger partial charge in [-0.1, -0.05) is 0 Å². The monoisotopic (exact) mass is 430 g/mol. The van der Waals surface area contributed by atoms with Crippen LogP contribution in [0.3, 0.4) is 0 Å².